The first kappa shape index (κ1) is 27.6. The Kier molecular flexibility index (Phi) is 7.66. The Morgan fingerprint density at radius 2 is 1.85 bits per heavy atom. The summed E-state index contributed by atoms with van der Waals surface area (Å²) in [6.45, 7) is 3.56. The maximum atomic E-state index is 14.0. The molecule has 1 fully saturated rings. The van der Waals surface area contributed by atoms with Gasteiger partial charge in [-0.25, -0.2) is 14.8 Å². The second-order valence-corrected chi connectivity index (χ2v) is 12.1. The van der Waals surface area contributed by atoms with Gasteiger partial charge in [-0.2, -0.15) is 0 Å². The van der Waals surface area contributed by atoms with Crippen LogP contribution in [-0.4, -0.2) is 66.8 Å². The molecule has 2 aromatic rings. The lowest BCUT2D eigenvalue weighted by Gasteiger charge is -2.48. The Hall–Kier alpha value is -3.55. The fraction of sp³-hybridized carbons (Fsp3) is 0.276. The first-order chi connectivity index (χ1) is 19.8. The summed E-state index contributed by atoms with van der Waals surface area (Å²) in [4.78, 5) is 33.0. The molecule has 3 atom stereocenters. The molecule has 0 bridgehead atoms. The fourth-order valence-corrected chi connectivity index (χ4v) is 7.46. The van der Waals surface area contributed by atoms with Crippen molar-refractivity contribution in [3.63, 3.8) is 0 Å². The monoisotopic (exact) mass is 590 g/mol. The van der Waals surface area contributed by atoms with Crippen molar-refractivity contribution in [3.8, 4) is 0 Å². The largest absolute Gasteiger partial charge is 0.448 e. The number of nitrogens with two attached hydrogens (primary N) is 1. The van der Waals surface area contributed by atoms with E-state index in [1.807, 2.05) is 73.7 Å². The molecule has 6 rings (SSSR count). The normalized spacial score (nSPS) is 22.5. The number of β-lactam (4-membered cyclic amide) rings is 1. The number of allylic oxidation sites excluding steroid dienone is 1. The van der Waals surface area contributed by atoms with Gasteiger partial charge < -0.3 is 15.6 Å². The second kappa shape index (κ2) is 11.4. The van der Waals surface area contributed by atoms with Gasteiger partial charge in [0.2, 0.25) is 5.91 Å². The van der Waals surface area contributed by atoms with Gasteiger partial charge in [-0.15, -0.1) is 29.1 Å². The number of thioether (sulfide) groups is 2. The summed E-state index contributed by atoms with van der Waals surface area (Å²) in [5.41, 5.74) is 12.8. The minimum atomic E-state index is -0.755. The van der Waals surface area contributed by atoms with Gasteiger partial charge in [-0.05, 0) is 36.6 Å². The van der Waals surface area contributed by atoms with E-state index in [0.717, 1.165) is 27.4 Å². The number of hydrazine groups is 2. The van der Waals surface area contributed by atoms with Crippen molar-refractivity contribution in [3.05, 3.63) is 106 Å². The van der Waals surface area contributed by atoms with E-state index in [1.165, 1.54) is 16.7 Å². The summed E-state index contributed by atoms with van der Waals surface area (Å²) >= 11 is 3.06. The summed E-state index contributed by atoms with van der Waals surface area (Å²) in [6.07, 6.45) is 2.27. The number of hydrogen-bond donors (Lipinski definition) is 3. The molecule has 1 amide bonds. The summed E-state index contributed by atoms with van der Waals surface area (Å²) in [6, 6.07) is 18.5. The van der Waals surface area contributed by atoms with E-state index in [9.17, 15) is 14.7 Å². The van der Waals surface area contributed by atoms with Crippen LogP contribution in [0.25, 0.3) is 0 Å². The van der Waals surface area contributed by atoms with E-state index < -0.39 is 24.3 Å². The van der Waals surface area contributed by atoms with Crippen LogP contribution < -0.4 is 11.3 Å². The molecule has 10 nitrogen and oxygen atoms in total. The molecule has 4 aliphatic rings. The molecule has 41 heavy (non-hydrogen) atoms. The van der Waals surface area contributed by atoms with Crippen molar-refractivity contribution < 1.29 is 19.4 Å². The van der Waals surface area contributed by atoms with E-state index in [4.69, 9.17) is 10.5 Å². The number of carbonyl (C=O) groups excluding carboxylic acids is 2. The van der Waals surface area contributed by atoms with E-state index in [0.29, 0.717) is 17.3 Å². The molecule has 0 spiro atoms. The summed E-state index contributed by atoms with van der Waals surface area (Å²) in [7, 11) is 0. The quantitative estimate of drug-likeness (QED) is 0.312. The van der Waals surface area contributed by atoms with Crippen LogP contribution in [0.15, 0.2) is 100 Å². The number of aliphatic hydroxyl groups is 1. The van der Waals surface area contributed by atoms with Gasteiger partial charge in [-0.3, -0.25) is 14.7 Å². The van der Waals surface area contributed by atoms with Crippen LogP contribution in [0.2, 0.25) is 0 Å². The standard InChI is InChI=1S/C29H30N6O4S2/c1-17-13-23(35-22(31-17)14-33(32-35)18(2)36)40-15-21-16-41-28-24(30)27(37)34(28)25(21)29(38)39-26(19-9-5-3-6-10-19)20-11-7-4-8-12-20/h3-14,18,24,26,28,32,36H,15-16,30H2,1-2H3/t18-,24?,28+/m0/s1. The van der Waals surface area contributed by atoms with Gasteiger partial charge in [0.05, 0.1) is 11.2 Å². The van der Waals surface area contributed by atoms with Crippen molar-refractivity contribution in [1.82, 2.24) is 20.5 Å². The van der Waals surface area contributed by atoms with Crippen LogP contribution >= 0.6 is 23.5 Å². The SMILES string of the molecule is CC1=NC2=CN([C@H](C)O)NN2C(SCC2=C(C(=O)OC(c3ccccc3)c3ccccc3)N3C(=O)C(N)[C@H]3SC2)=C1. The molecule has 4 aliphatic heterocycles. The van der Waals surface area contributed by atoms with Crippen LogP contribution in [0, 0.1) is 0 Å². The highest BCUT2D eigenvalue weighted by Gasteiger charge is 2.52. The summed E-state index contributed by atoms with van der Waals surface area (Å²) in [5, 5.41) is 13.9. The van der Waals surface area contributed by atoms with Gasteiger partial charge in [0, 0.05) is 17.2 Å². The molecule has 12 heteroatoms. The second-order valence-electron chi connectivity index (χ2n) is 9.98. The predicted molar refractivity (Wildman–Crippen MR) is 159 cm³/mol. The maximum absolute atomic E-state index is 14.0. The fourth-order valence-electron chi connectivity index (χ4n) is 4.96. The van der Waals surface area contributed by atoms with Crippen LogP contribution in [0.1, 0.15) is 31.1 Å². The molecule has 4 heterocycles. The minimum absolute atomic E-state index is 0.266. The Labute approximate surface area is 246 Å². The third-order valence-corrected chi connectivity index (χ3v) is 9.50. The molecule has 0 saturated carbocycles. The molecule has 0 aliphatic carbocycles. The number of ether oxygens (including phenoxy) is 1. The van der Waals surface area contributed by atoms with Crippen molar-refractivity contribution in [2.45, 2.75) is 37.6 Å². The van der Waals surface area contributed by atoms with Crippen molar-refractivity contribution in [1.29, 1.82) is 0 Å². The Bertz CT molecular complexity index is 1440. The smallest absolute Gasteiger partial charge is 0.356 e. The van der Waals surface area contributed by atoms with Gasteiger partial charge in [0.1, 0.15) is 23.3 Å². The number of fused-ring (bicyclic) bond motifs is 2. The number of nitrogens with zero attached hydrogens (tertiary/aromatic N) is 4. The maximum Gasteiger partial charge on any atom is 0.356 e. The topological polar surface area (TPSA) is 124 Å². The number of carbonyl (C=O) groups is 2. The average Bonchev–Trinajstić information content (AvgIpc) is 3.43. The molecular formula is C29H30N6O4S2. The predicted octanol–water partition coefficient (Wildman–Crippen LogP) is 3.04. The van der Waals surface area contributed by atoms with E-state index in [1.54, 1.807) is 34.9 Å². The number of benzene rings is 2. The van der Waals surface area contributed by atoms with Crippen LogP contribution in [0.3, 0.4) is 0 Å². The zero-order valence-electron chi connectivity index (χ0n) is 22.5. The number of esters is 1. The van der Waals surface area contributed by atoms with Crippen LogP contribution in [0.4, 0.5) is 0 Å². The summed E-state index contributed by atoms with van der Waals surface area (Å²) < 4.78 is 6.20. The first-order valence-corrected chi connectivity index (χ1v) is 15.2. The van der Waals surface area contributed by atoms with Gasteiger partial charge in [0.15, 0.2) is 11.9 Å². The van der Waals surface area contributed by atoms with Gasteiger partial charge in [0.25, 0.3) is 0 Å². The van der Waals surface area contributed by atoms with E-state index >= 15 is 0 Å². The Morgan fingerprint density at radius 1 is 1.20 bits per heavy atom. The lowest BCUT2D eigenvalue weighted by Crippen LogP contribution is -2.68. The molecule has 212 valence electrons. The number of aliphatic imine (C=N–C) groups is 1. The average molecular weight is 591 g/mol. The van der Waals surface area contributed by atoms with Gasteiger partial charge in [-0.1, -0.05) is 60.7 Å². The number of hydrogen-bond acceptors (Lipinski definition) is 11. The highest BCUT2D eigenvalue weighted by molar-refractivity contribution is 8.03. The molecule has 1 saturated heterocycles. The van der Waals surface area contributed by atoms with E-state index in [2.05, 4.69) is 10.5 Å². The number of amides is 1. The number of rotatable bonds is 8. The number of nitrogens with one attached hydrogen (secondary N) is 1. The minimum Gasteiger partial charge on any atom is -0.448 e. The highest BCUT2D eigenvalue weighted by Crippen LogP contribution is 2.42. The van der Waals surface area contributed by atoms with Crippen molar-refractivity contribution in [2.75, 3.05) is 11.5 Å². The zero-order chi connectivity index (χ0) is 28.7. The summed E-state index contributed by atoms with van der Waals surface area (Å²) in [5.74, 6) is 0.782. The van der Waals surface area contributed by atoms with Crippen LogP contribution in [-0.2, 0) is 14.3 Å². The number of aliphatic hydroxyl groups excluding tert-OH is 1. The van der Waals surface area contributed by atoms with E-state index in [-0.39, 0.29) is 17.0 Å². The first-order valence-electron chi connectivity index (χ1n) is 13.2. The third-order valence-electron chi connectivity index (χ3n) is 7.05. The Balaban J connectivity index is 1.29. The van der Waals surface area contributed by atoms with Gasteiger partial charge >= 0.3 is 5.97 Å². The molecule has 0 radical (unpaired) electrons. The van der Waals surface area contributed by atoms with Crippen LogP contribution in [0.5, 0.6) is 0 Å². The lowest BCUT2D eigenvalue weighted by molar-refractivity contribution is -0.153. The molecular weight excluding hydrogens is 560 g/mol. The highest BCUT2D eigenvalue weighted by atomic mass is 32.2. The van der Waals surface area contributed by atoms with Crippen molar-refractivity contribution in [2.24, 2.45) is 10.7 Å². The molecule has 4 N–H and O–H groups in total. The molecule has 1 unspecified atom stereocenters. The van der Waals surface area contributed by atoms with Crippen molar-refractivity contribution >= 4 is 41.1 Å². The molecule has 0 aromatic heterocycles. The Morgan fingerprint density at radius 3 is 2.49 bits per heavy atom. The lowest BCUT2D eigenvalue weighted by atomic mass is 10.0. The zero-order valence-corrected chi connectivity index (χ0v) is 24.1. The molecule has 2 aromatic carbocycles. The third kappa shape index (κ3) is 5.29.